The molecule has 1 aromatic carbocycles. The van der Waals surface area contributed by atoms with Crippen molar-refractivity contribution in [3.8, 4) is 5.75 Å². The lowest BCUT2D eigenvalue weighted by molar-refractivity contribution is 0.408. The minimum absolute atomic E-state index is 0.393. The Bertz CT molecular complexity index is 765. The maximum absolute atomic E-state index is 5.79. The smallest absolute Gasteiger partial charge is 0.165 e. The molecule has 0 aliphatic carbocycles. The highest BCUT2D eigenvalue weighted by molar-refractivity contribution is 5.81. The standard InChI is InChI=1S/C14H15N5O/c1-9-3-4-11(20-2)10(5-9)6-19-8-18-12-13(15)16-7-17-14(12)19/h3-5,7-8H,6H2,1-2H3,(H2,15,16,17). The van der Waals surface area contributed by atoms with Crippen LogP contribution < -0.4 is 10.5 Å². The molecule has 0 fully saturated rings. The Hall–Kier alpha value is -2.63. The van der Waals surface area contributed by atoms with Crippen LogP contribution in [0, 0.1) is 6.92 Å². The maximum atomic E-state index is 5.79. The fourth-order valence-electron chi connectivity index (χ4n) is 2.23. The van der Waals surface area contributed by atoms with Crippen LogP contribution in [-0.4, -0.2) is 26.6 Å². The number of benzene rings is 1. The van der Waals surface area contributed by atoms with Crippen LogP contribution in [-0.2, 0) is 6.54 Å². The predicted molar refractivity (Wildman–Crippen MR) is 76.6 cm³/mol. The van der Waals surface area contributed by atoms with Crippen molar-refractivity contribution < 1.29 is 4.74 Å². The molecule has 2 N–H and O–H groups in total. The molecule has 0 aliphatic rings. The number of fused-ring (bicyclic) bond motifs is 1. The number of anilines is 1. The van der Waals surface area contributed by atoms with E-state index in [0.29, 0.717) is 17.9 Å². The third kappa shape index (κ3) is 2.05. The second-order valence-corrected chi connectivity index (χ2v) is 4.62. The summed E-state index contributed by atoms with van der Waals surface area (Å²) in [5.74, 6) is 1.24. The number of methoxy groups -OCH3 is 1. The molecule has 102 valence electrons. The number of nitrogens with two attached hydrogens (primary N) is 1. The summed E-state index contributed by atoms with van der Waals surface area (Å²) in [6.45, 7) is 2.67. The lowest BCUT2D eigenvalue weighted by Gasteiger charge is -2.10. The van der Waals surface area contributed by atoms with Crippen molar-refractivity contribution in [2.45, 2.75) is 13.5 Å². The van der Waals surface area contributed by atoms with Gasteiger partial charge in [-0.2, -0.15) is 0 Å². The molecule has 2 aromatic heterocycles. The summed E-state index contributed by atoms with van der Waals surface area (Å²) < 4.78 is 7.33. The molecule has 0 radical (unpaired) electrons. The summed E-state index contributed by atoms with van der Waals surface area (Å²) >= 11 is 0. The van der Waals surface area contributed by atoms with E-state index < -0.39 is 0 Å². The topological polar surface area (TPSA) is 78.9 Å². The number of aromatic nitrogens is 4. The van der Waals surface area contributed by atoms with E-state index in [1.165, 1.54) is 11.9 Å². The third-order valence-electron chi connectivity index (χ3n) is 3.21. The predicted octanol–water partition coefficient (Wildman–Crippen LogP) is 1.77. The average Bonchev–Trinajstić information content (AvgIpc) is 2.84. The first-order valence-electron chi connectivity index (χ1n) is 6.24. The summed E-state index contributed by atoms with van der Waals surface area (Å²) in [7, 11) is 1.67. The third-order valence-corrected chi connectivity index (χ3v) is 3.21. The molecule has 0 saturated carbocycles. The van der Waals surface area contributed by atoms with Crippen molar-refractivity contribution in [2.75, 3.05) is 12.8 Å². The largest absolute Gasteiger partial charge is 0.496 e. The van der Waals surface area contributed by atoms with Crippen LogP contribution in [0.5, 0.6) is 5.75 Å². The first-order chi connectivity index (χ1) is 9.69. The number of hydrogen-bond acceptors (Lipinski definition) is 5. The van der Waals surface area contributed by atoms with E-state index in [-0.39, 0.29) is 0 Å². The zero-order chi connectivity index (χ0) is 14.1. The average molecular weight is 269 g/mol. The minimum atomic E-state index is 0.393. The Morgan fingerprint density at radius 3 is 2.90 bits per heavy atom. The highest BCUT2D eigenvalue weighted by Crippen LogP contribution is 2.22. The molecule has 6 heteroatoms. The molecule has 3 aromatic rings. The van der Waals surface area contributed by atoms with Gasteiger partial charge in [-0.05, 0) is 13.0 Å². The van der Waals surface area contributed by atoms with Crippen molar-refractivity contribution in [3.63, 3.8) is 0 Å². The van der Waals surface area contributed by atoms with Crippen LogP contribution in [0.1, 0.15) is 11.1 Å². The van der Waals surface area contributed by atoms with Gasteiger partial charge in [0.2, 0.25) is 0 Å². The lowest BCUT2D eigenvalue weighted by Crippen LogP contribution is -2.02. The number of rotatable bonds is 3. The lowest BCUT2D eigenvalue weighted by atomic mass is 10.1. The fraction of sp³-hybridized carbons (Fsp3) is 0.214. The van der Waals surface area contributed by atoms with Gasteiger partial charge in [-0.1, -0.05) is 17.7 Å². The van der Waals surface area contributed by atoms with Gasteiger partial charge < -0.3 is 15.0 Å². The van der Waals surface area contributed by atoms with Crippen molar-refractivity contribution in [1.29, 1.82) is 0 Å². The zero-order valence-electron chi connectivity index (χ0n) is 11.4. The summed E-state index contributed by atoms with van der Waals surface area (Å²) in [6.07, 6.45) is 3.17. The number of aryl methyl sites for hydroxylation is 1. The van der Waals surface area contributed by atoms with E-state index >= 15 is 0 Å². The number of imidazole rings is 1. The van der Waals surface area contributed by atoms with Crippen LogP contribution in [0.25, 0.3) is 11.2 Å². The van der Waals surface area contributed by atoms with Crippen LogP contribution in [0.4, 0.5) is 5.82 Å². The van der Waals surface area contributed by atoms with Gasteiger partial charge in [0.15, 0.2) is 11.5 Å². The second kappa shape index (κ2) is 4.80. The molecule has 0 atom stereocenters. The van der Waals surface area contributed by atoms with Crippen molar-refractivity contribution in [1.82, 2.24) is 19.5 Å². The highest BCUT2D eigenvalue weighted by atomic mass is 16.5. The molecule has 0 bridgehead atoms. The molecule has 20 heavy (non-hydrogen) atoms. The first kappa shape index (κ1) is 12.4. The first-order valence-corrected chi connectivity index (χ1v) is 6.24. The van der Waals surface area contributed by atoms with E-state index in [9.17, 15) is 0 Å². The van der Waals surface area contributed by atoms with Gasteiger partial charge in [0.25, 0.3) is 0 Å². The SMILES string of the molecule is COc1ccc(C)cc1Cn1cnc2c(N)ncnc21. The van der Waals surface area contributed by atoms with Gasteiger partial charge in [-0.3, -0.25) is 0 Å². The summed E-state index contributed by atoms with van der Waals surface area (Å²) in [5.41, 5.74) is 9.39. The number of ether oxygens (including phenoxy) is 1. The second-order valence-electron chi connectivity index (χ2n) is 4.62. The number of hydrogen-bond donors (Lipinski definition) is 1. The molecule has 6 nitrogen and oxygen atoms in total. The molecule has 0 aliphatic heterocycles. The summed E-state index contributed by atoms with van der Waals surface area (Å²) in [5, 5.41) is 0. The van der Waals surface area contributed by atoms with Gasteiger partial charge >= 0.3 is 0 Å². The van der Waals surface area contributed by atoms with E-state index in [2.05, 4.69) is 27.9 Å². The van der Waals surface area contributed by atoms with Crippen molar-refractivity contribution in [2.24, 2.45) is 0 Å². The van der Waals surface area contributed by atoms with Crippen molar-refractivity contribution in [3.05, 3.63) is 42.0 Å². The number of nitrogens with zero attached hydrogens (tertiary/aromatic N) is 4. The van der Waals surface area contributed by atoms with E-state index in [0.717, 1.165) is 17.0 Å². The molecule has 0 amide bonds. The van der Waals surface area contributed by atoms with Crippen molar-refractivity contribution >= 4 is 17.0 Å². The number of nitrogen functional groups attached to an aromatic ring is 1. The quantitative estimate of drug-likeness (QED) is 0.784. The normalized spacial score (nSPS) is 10.9. The monoisotopic (exact) mass is 269 g/mol. The van der Waals surface area contributed by atoms with Crippen LogP contribution in [0.15, 0.2) is 30.9 Å². The van der Waals surface area contributed by atoms with Crippen LogP contribution in [0.3, 0.4) is 0 Å². The molecule has 0 saturated heterocycles. The molecular formula is C14H15N5O. The Kier molecular flexibility index (Phi) is 2.98. The van der Waals surface area contributed by atoms with E-state index in [1.54, 1.807) is 13.4 Å². The Balaban J connectivity index is 2.06. The minimum Gasteiger partial charge on any atom is -0.496 e. The fourth-order valence-corrected chi connectivity index (χ4v) is 2.23. The van der Waals surface area contributed by atoms with Gasteiger partial charge in [-0.15, -0.1) is 0 Å². The molecule has 2 heterocycles. The molecule has 0 spiro atoms. The summed E-state index contributed by atoms with van der Waals surface area (Å²) in [6, 6.07) is 6.08. The highest BCUT2D eigenvalue weighted by Gasteiger charge is 2.10. The van der Waals surface area contributed by atoms with Crippen LogP contribution >= 0.6 is 0 Å². The van der Waals surface area contributed by atoms with Gasteiger partial charge in [0.1, 0.15) is 17.6 Å². The summed E-state index contributed by atoms with van der Waals surface area (Å²) in [4.78, 5) is 12.5. The Labute approximate surface area is 116 Å². The Morgan fingerprint density at radius 2 is 2.10 bits per heavy atom. The zero-order valence-corrected chi connectivity index (χ0v) is 11.4. The maximum Gasteiger partial charge on any atom is 0.165 e. The van der Waals surface area contributed by atoms with Gasteiger partial charge in [0.05, 0.1) is 20.0 Å². The molecule has 0 unspecified atom stereocenters. The van der Waals surface area contributed by atoms with Gasteiger partial charge in [0, 0.05) is 5.56 Å². The molecular weight excluding hydrogens is 254 g/mol. The molecule has 3 rings (SSSR count). The van der Waals surface area contributed by atoms with E-state index in [1.807, 2.05) is 16.7 Å². The van der Waals surface area contributed by atoms with Gasteiger partial charge in [-0.25, -0.2) is 15.0 Å². The van der Waals surface area contributed by atoms with Crippen LogP contribution in [0.2, 0.25) is 0 Å². The van der Waals surface area contributed by atoms with E-state index in [4.69, 9.17) is 10.5 Å². The Morgan fingerprint density at radius 1 is 1.25 bits per heavy atom.